The Balaban J connectivity index is 1.90. The van der Waals surface area contributed by atoms with Gasteiger partial charge in [-0.15, -0.1) is 0 Å². The van der Waals surface area contributed by atoms with Crippen molar-refractivity contribution in [3.8, 4) is 22.8 Å². The van der Waals surface area contributed by atoms with E-state index in [0.29, 0.717) is 6.79 Å². The van der Waals surface area contributed by atoms with Crippen LogP contribution in [0.25, 0.3) is 22.2 Å². The maximum Gasteiger partial charge on any atom is 0.231 e. The van der Waals surface area contributed by atoms with E-state index in [-0.39, 0.29) is 0 Å². The average molecular weight is 263 g/mol. The van der Waals surface area contributed by atoms with Crippen molar-refractivity contribution in [2.45, 2.75) is 6.92 Å². The molecule has 0 N–H and O–H groups in total. The van der Waals surface area contributed by atoms with Gasteiger partial charge in [-0.1, -0.05) is 18.2 Å². The number of fused-ring (bicyclic) bond motifs is 2. The Morgan fingerprint density at radius 2 is 1.80 bits per heavy atom. The first-order valence-corrected chi connectivity index (χ1v) is 6.58. The Labute approximate surface area is 116 Å². The molecular formula is C17H13NO2. The molecular weight excluding hydrogens is 250 g/mol. The largest absolute Gasteiger partial charge is 0.454 e. The lowest BCUT2D eigenvalue weighted by Gasteiger charge is -2.07. The zero-order valence-electron chi connectivity index (χ0n) is 11.1. The van der Waals surface area contributed by atoms with E-state index in [2.05, 4.69) is 19.1 Å². The second kappa shape index (κ2) is 4.23. The number of aromatic nitrogens is 1. The summed E-state index contributed by atoms with van der Waals surface area (Å²) in [6, 6.07) is 16.2. The first kappa shape index (κ1) is 11.3. The molecule has 1 aromatic heterocycles. The van der Waals surface area contributed by atoms with Gasteiger partial charge in [0.05, 0.1) is 11.2 Å². The fourth-order valence-electron chi connectivity index (χ4n) is 2.55. The number of aryl methyl sites for hydroxylation is 1. The van der Waals surface area contributed by atoms with E-state index in [1.165, 1.54) is 10.9 Å². The van der Waals surface area contributed by atoms with Crippen molar-refractivity contribution in [2.24, 2.45) is 0 Å². The standard InChI is InChI=1S/C17H13NO2/c1-11-8-15(18-14-5-3-2-4-13(11)14)12-6-7-16-17(9-12)20-10-19-16/h2-9H,10H2,1H3. The molecule has 3 aromatic rings. The van der Waals surface area contributed by atoms with Crippen molar-refractivity contribution in [2.75, 3.05) is 6.79 Å². The van der Waals surface area contributed by atoms with E-state index in [1.807, 2.05) is 36.4 Å². The molecule has 1 aliphatic heterocycles. The van der Waals surface area contributed by atoms with Gasteiger partial charge in [0.15, 0.2) is 11.5 Å². The van der Waals surface area contributed by atoms with Gasteiger partial charge in [0.2, 0.25) is 6.79 Å². The third-order valence-corrected chi connectivity index (χ3v) is 3.59. The molecule has 0 bridgehead atoms. The smallest absolute Gasteiger partial charge is 0.231 e. The third-order valence-electron chi connectivity index (χ3n) is 3.59. The van der Waals surface area contributed by atoms with Crippen LogP contribution in [-0.4, -0.2) is 11.8 Å². The lowest BCUT2D eigenvalue weighted by atomic mass is 10.0. The topological polar surface area (TPSA) is 31.4 Å². The molecule has 0 spiro atoms. The number of ether oxygens (including phenoxy) is 2. The molecule has 0 radical (unpaired) electrons. The second-order valence-electron chi connectivity index (χ2n) is 4.91. The Morgan fingerprint density at radius 3 is 2.75 bits per heavy atom. The predicted molar refractivity (Wildman–Crippen MR) is 78.0 cm³/mol. The van der Waals surface area contributed by atoms with E-state index in [4.69, 9.17) is 14.5 Å². The van der Waals surface area contributed by atoms with Crippen LogP contribution in [0.2, 0.25) is 0 Å². The first-order valence-electron chi connectivity index (χ1n) is 6.58. The average Bonchev–Trinajstić information content (AvgIpc) is 2.94. The van der Waals surface area contributed by atoms with E-state index in [9.17, 15) is 0 Å². The van der Waals surface area contributed by atoms with Crippen LogP contribution >= 0.6 is 0 Å². The van der Waals surface area contributed by atoms with Gasteiger partial charge in [-0.25, -0.2) is 4.98 Å². The van der Waals surface area contributed by atoms with Crippen molar-refractivity contribution in [3.05, 3.63) is 54.1 Å². The third kappa shape index (κ3) is 1.71. The van der Waals surface area contributed by atoms with Gasteiger partial charge >= 0.3 is 0 Å². The van der Waals surface area contributed by atoms with Crippen LogP contribution in [0.1, 0.15) is 5.56 Å². The van der Waals surface area contributed by atoms with E-state index in [1.54, 1.807) is 0 Å². The lowest BCUT2D eigenvalue weighted by Crippen LogP contribution is -1.93. The maximum atomic E-state index is 5.43. The fourth-order valence-corrected chi connectivity index (χ4v) is 2.55. The number of rotatable bonds is 1. The van der Waals surface area contributed by atoms with Gasteiger partial charge < -0.3 is 9.47 Å². The summed E-state index contributed by atoms with van der Waals surface area (Å²) in [5.41, 5.74) is 4.24. The summed E-state index contributed by atoms with van der Waals surface area (Å²) in [4.78, 5) is 4.74. The Morgan fingerprint density at radius 1 is 0.950 bits per heavy atom. The molecule has 0 amide bonds. The SMILES string of the molecule is Cc1cc(-c2ccc3c(c2)OCO3)nc2ccccc12. The number of benzene rings is 2. The molecule has 3 nitrogen and oxygen atoms in total. The summed E-state index contributed by atoms with van der Waals surface area (Å²) in [5.74, 6) is 1.58. The van der Waals surface area contributed by atoms with Crippen LogP contribution in [0.3, 0.4) is 0 Å². The minimum atomic E-state index is 0.295. The van der Waals surface area contributed by atoms with Crippen molar-refractivity contribution in [1.29, 1.82) is 0 Å². The highest BCUT2D eigenvalue weighted by molar-refractivity contribution is 5.85. The Hall–Kier alpha value is -2.55. The Bertz CT molecular complexity index is 811. The fraction of sp³-hybridized carbons (Fsp3) is 0.118. The molecule has 2 aromatic carbocycles. The molecule has 1 aliphatic rings. The van der Waals surface area contributed by atoms with Crippen LogP contribution in [-0.2, 0) is 0 Å². The van der Waals surface area contributed by atoms with E-state index < -0.39 is 0 Å². The summed E-state index contributed by atoms with van der Waals surface area (Å²) < 4.78 is 10.8. The van der Waals surface area contributed by atoms with Crippen molar-refractivity contribution in [1.82, 2.24) is 4.98 Å². The normalized spacial score (nSPS) is 12.8. The van der Waals surface area contributed by atoms with Gasteiger partial charge in [-0.05, 0) is 42.8 Å². The molecule has 4 rings (SSSR count). The lowest BCUT2D eigenvalue weighted by molar-refractivity contribution is 0.174. The number of hydrogen-bond acceptors (Lipinski definition) is 3. The van der Waals surface area contributed by atoms with Crippen LogP contribution in [0.4, 0.5) is 0 Å². The first-order chi connectivity index (χ1) is 9.81. The maximum absolute atomic E-state index is 5.43. The highest BCUT2D eigenvalue weighted by atomic mass is 16.7. The molecule has 3 heteroatoms. The summed E-state index contributed by atoms with van der Waals surface area (Å²) in [7, 11) is 0. The predicted octanol–water partition coefficient (Wildman–Crippen LogP) is 3.94. The molecule has 0 aliphatic carbocycles. The van der Waals surface area contributed by atoms with Crippen molar-refractivity contribution in [3.63, 3.8) is 0 Å². The van der Waals surface area contributed by atoms with Crippen LogP contribution < -0.4 is 9.47 Å². The van der Waals surface area contributed by atoms with E-state index in [0.717, 1.165) is 28.3 Å². The van der Waals surface area contributed by atoms with Gasteiger partial charge in [0.1, 0.15) is 0 Å². The number of hydrogen-bond donors (Lipinski definition) is 0. The molecule has 0 unspecified atom stereocenters. The minimum Gasteiger partial charge on any atom is -0.454 e. The number of pyridine rings is 1. The molecule has 0 fully saturated rings. The molecule has 20 heavy (non-hydrogen) atoms. The van der Waals surface area contributed by atoms with Gasteiger partial charge in [0.25, 0.3) is 0 Å². The van der Waals surface area contributed by atoms with Crippen LogP contribution in [0, 0.1) is 6.92 Å². The van der Waals surface area contributed by atoms with Crippen molar-refractivity contribution < 1.29 is 9.47 Å². The zero-order valence-corrected chi connectivity index (χ0v) is 11.1. The van der Waals surface area contributed by atoms with Gasteiger partial charge in [-0.3, -0.25) is 0 Å². The van der Waals surface area contributed by atoms with Crippen LogP contribution in [0.5, 0.6) is 11.5 Å². The highest BCUT2D eigenvalue weighted by Gasteiger charge is 2.14. The highest BCUT2D eigenvalue weighted by Crippen LogP contribution is 2.36. The van der Waals surface area contributed by atoms with E-state index >= 15 is 0 Å². The number of nitrogens with zero attached hydrogens (tertiary/aromatic N) is 1. The number of para-hydroxylation sites is 1. The van der Waals surface area contributed by atoms with Gasteiger partial charge in [0, 0.05) is 10.9 Å². The monoisotopic (exact) mass is 263 g/mol. The second-order valence-corrected chi connectivity index (χ2v) is 4.91. The summed E-state index contributed by atoms with van der Waals surface area (Å²) in [6.45, 7) is 2.41. The molecule has 98 valence electrons. The molecule has 0 atom stereocenters. The van der Waals surface area contributed by atoms with Crippen LogP contribution in [0.15, 0.2) is 48.5 Å². The molecule has 0 saturated heterocycles. The van der Waals surface area contributed by atoms with Gasteiger partial charge in [-0.2, -0.15) is 0 Å². The Kier molecular flexibility index (Phi) is 2.39. The molecule has 0 saturated carbocycles. The molecule has 2 heterocycles. The summed E-state index contributed by atoms with van der Waals surface area (Å²) >= 11 is 0. The minimum absolute atomic E-state index is 0.295. The quantitative estimate of drug-likeness (QED) is 0.666. The summed E-state index contributed by atoms with van der Waals surface area (Å²) in [5, 5.41) is 1.19. The zero-order chi connectivity index (χ0) is 13.5. The summed E-state index contributed by atoms with van der Waals surface area (Å²) in [6.07, 6.45) is 0. The van der Waals surface area contributed by atoms with Crippen molar-refractivity contribution >= 4 is 10.9 Å².